The maximum Gasteiger partial charge on any atom is 0.249 e. The van der Waals surface area contributed by atoms with Gasteiger partial charge in [0.25, 0.3) is 0 Å². The summed E-state index contributed by atoms with van der Waals surface area (Å²) in [5.41, 5.74) is 4.23. The Kier molecular flexibility index (Phi) is 10.3. The van der Waals surface area contributed by atoms with Crippen molar-refractivity contribution in [1.82, 2.24) is 14.4 Å². The number of benzene rings is 3. The van der Waals surface area contributed by atoms with E-state index in [1.54, 1.807) is 11.0 Å². The molecule has 39 heavy (non-hydrogen) atoms. The first kappa shape index (κ1) is 27.6. The van der Waals surface area contributed by atoms with E-state index in [2.05, 4.69) is 23.3 Å². The first-order valence-corrected chi connectivity index (χ1v) is 13.1. The van der Waals surface area contributed by atoms with Gasteiger partial charge in [0.05, 0.1) is 13.2 Å². The van der Waals surface area contributed by atoms with Gasteiger partial charge in [0.15, 0.2) is 0 Å². The van der Waals surface area contributed by atoms with E-state index in [0.29, 0.717) is 19.7 Å². The Hall–Kier alpha value is -4.42. The van der Waals surface area contributed by atoms with Gasteiger partial charge in [0.2, 0.25) is 11.8 Å². The largest absolute Gasteiger partial charge is 0.367 e. The molecule has 0 radical (unpaired) electrons. The molecule has 0 atom stereocenters. The first-order valence-electron chi connectivity index (χ1n) is 13.1. The van der Waals surface area contributed by atoms with Gasteiger partial charge in [-0.25, -0.2) is 0 Å². The summed E-state index contributed by atoms with van der Waals surface area (Å²) in [7, 11) is 0. The average Bonchev–Trinajstić information content (AvgIpc) is 3.40. The molecule has 200 valence electrons. The summed E-state index contributed by atoms with van der Waals surface area (Å²) < 4.78 is 7.81. The second kappa shape index (κ2) is 14.5. The standard InChI is InChI=1S/C33H35N3O3/c1-2-20-35(33(38)27-39-26-30-17-10-5-11-18-30)25-32(37)36(23-29-15-8-4-9-16-29)24-31-19-12-21-34(31)22-28-13-6-3-7-14-28/h2-19,21H,1,20,22-27H2. The zero-order chi connectivity index (χ0) is 27.3. The molecule has 0 aliphatic carbocycles. The van der Waals surface area contributed by atoms with Crippen LogP contribution >= 0.6 is 0 Å². The van der Waals surface area contributed by atoms with Crippen molar-refractivity contribution in [2.75, 3.05) is 19.7 Å². The normalized spacial score (nSPS) is 10.7. The molecule has 0 unspecified atom stereocenters. The van der Waals surface area contributed by atoms with Crippen molar-refractivity contribution >= 4 is 11.8 Å². The fraction of sp³-hybridized carbons (Fsp3) is 0.212. The highest BCUT2D eigenvalue weighted by molar-refractivity contribution is 5.85. The summed E-state index contributed by atoms with van der Waals surface area (Å²) in [6.07, 6.45) is 3.67. The fourth-order valence-corrected chi connectivity index (χ4v) is 4.35. The summed E-state index contributed by atoms with van der Waals surface area (Å²) in [6, 6.07) is 33.9. The number of rotatable bonds is 14. The Morgan fingerprint density at radius 2 is 1.33 bits per heavy atom. The summed E-state index contributed by atoms with van der Waals surface area (Å²) in [6.45, 7) is 5.81. The van der Waals surface area contributed by atoms with Gasteiger partial charge in [-0.2, -0.15) is 0 Å². The van der Waals surface area contributed by atoms with E-state index in [-0.39, 0.29) is 31.5 Å². The molecule has 0 aliphatic heterocycles. The maximum absolute atomic E-state index is 13.7. The van der Waals surface area contributed by atoms with Crippen LogP contribution in [0.25, 0.3) is 0 Å². The van der Waals surface area contributed by atoms with Gasteiger partial charge < -0.3 is 19.1 Å². The molecule has 0 bridgehead atoms. The second-order valence-electron chi connectivity index (χ2n) is 9.39. The molecule has 0 N–H and O–H groups in total. The monoisotopic (exact) mass is 521 g/mol. The highest BCUT2D eigenvalue weighted by atomic mass is 16.5. The molecule has 0 spiro atoms. The molecule has 2 amide bonds. The number of aromatic nitrogens is 1. The lowest BCUT2D eigenvalue weighted by atomic mass is 10.2. The molecule has 4 rings (SSSR count). The van der Waals surface area contributed by atoms with Gasteiger partial charge >= 0.3 is 0 Å². The van der Waals surface area contributed by atoms with E-state index < -0.39 is 0 Å². The van der Waals surface area contributed by atoms with Crippen LogP contribution in [0.15, 0.2) is 122 Å². The Bertz CT molecular complexity index is 1320. The van der Waals surface area contributed by atoms with Gasteiger partial charge in [-0.15, -0.1) is 6.58 Å². The van der Waals surface area contributed by atoms with Crippen LogP contribution in [-0.4, -0.2) is 45.9 Å². The van der Waals surface area contributed by atoms with E-state index in [9.17, 15) is 9.59 Å². The van der Waals surface area contributed by atoms with Gasteiger partial charge in [-0.1, -0.05) is 97.1 Å². The molecule has 6 heteroatoms. The number of hydrogen-bond acceptors (Lipinski definition) is 3. The molecular weight excluding hydrogens is 486 g/mol. The average molecular weight is 522 g/mol. The van der Waals surface area contributed by atoms with Gasteiger partial charge in [0, 0.05) is 31.5 Å². The molecule has 0 saturated carbocycles. The fourth-order valence-electron chi connectivity index (χ4n) is 4.35. The van der Waals surface area contributed by atoms with E-state index in [0.717, 1.165) is 23.4 Å². The zero-order valence-electron chi connectivity index (χ0n) is 22.2. The van der Waals surface area contributed by atoms with Crippen molar-refractivity contribution in [1.29, 1.82) is 0 Å². The Morgan fingerprint density at radius 1 is 0.718 bits per heavy atom. The Morgan fingerprint density at radius 3 is 1.97 bits per heavy atom. The summed E-state index contributed by atoms with van der Waals surface area (Å²) in [5.74, 6) is -0.379. The van der Waals surface area contributed by atoms with Crippen LogP contribution in [0.3, 0.4) is 0 Å². The summed E-state index contributed by atoms with van der Waals surface area (Å²) in [5, 5.41) is 0. The lowest BCUT2D eigenvalue weighted by molar-refractivity contribution is -0.143. The smallest absolute Gasteiger partial charge is 0.249 e. The van der Waals surface area contributed by atoms with Crippen LogP contribution in [0, 0.1) is 0 Å². The van der Waals surface area contributed by atoms with Crippen molar-refractivity contribution < 1.29 is 14.3 Å². The van der Waals surface area contributed by atoms with Crippen molar-refractivity contribution in [2.24, 2.45) is 0 Å². The third kappa shape index (κ3) is 8.55. The number of carbonyl (C=O) groups excluding carboxylic acids is 2. The van der Waals surface area contributed by atoms with Crippen molar-refractivity contribution in [3.63, 3.8) is 0 Å². The number of carbonyl (C=O) groups is 2. The molecule has 1 heterocycles. The van der Waals surface area contributed by atoms with Crippen molar-refractivity contribution in [3.05, 3.63) is 144 Å². The molecule has 0 aliphatic rings. The third-order valence-corrected chi connectivity index (χ3v) is 6.41. The van der Waals surface area contributed by atoms with Crippen molar-refractivity contribution in [3.8, 4) is 0 Å². The third-order valence-electron chi connectivity index (χ3n) is 6.41. The minimum atomic E-state index is -0.244. The highest BCUT2D eigenvalue weighted by Gasteiger charge is 2.22. The molecule has 6 nitrogen and oxygen atoms in total. The predicted octanol–water partition coefficient (Wildman–Crippen LogP) is 5.30. The first-order chi connectivity index (χ1) is 19.1. The molecular formula is C33H35N3O3. The number of amides is 2. The summed E-state index contributed by atoms with van der Waals surface area (Å²) in [4.78, 5) is 30.0. The maximum atomic E-state index is 13.7. The van der Waals surface area contributed by atoms with E-state index >= 15 is 0 Å². The number of ether oxygens (including phenoxy) is 1. The minimum absolute atomic E-state index is 0.0498. The number of hydrogen-bond donors (Lipinski definition) is 0. The van der Waals surface area contributed by atoms with E-state index in [1.165, 1.54) is 10.5 Å². The Balaban J connectivity index is 1.45. The topological polar surface area (TPSA) is 54.8 Å². The van der Waals surface area contributed by atoms with Crippen LogP contribution in [0.1, 0.15) is 22.4 Å². The molecule has 3 aromatic carbocycles. The van der Waals surface area contributed by atoms with Crippen LogP contribution in [0.4, 0.5) is 0 Å². The van der Waals surface area contributed by atoms with Gasteiger partial charge in [-0.05, 0) is 28.8 Å². The van der Waals surface area contributed by atoms with Gasteiger partial charge in [-0.3, -0.25) is 9.59 Å². The summed E-state index contributed by atoms with van der Waals surface area (Å²) >= 11 is 0. The second-order valence-corrected chi connectivity index (χ2v) is 9.39. The van der Waals surface area contributed by atoms with Crippen LogP contribution in [0.5, 0.6) is 0 Å². The van der Waals surface area contributed by atoms with Crippen LogP contribution < -0.4 is 0 Å². The molecule has 0 fully saturated rings. The Labute approximate surface area is 230 Å². The lowest BCUT2D eigenvalue weighted by Crippen LogP contribution is -2.44. The minimum Gasteiger partial charge on any atom is -0.367 e. The van der Waals surface area contributed by atoms with Crippen LogP contribution in [0.2, 0.25) is 0 Å². The van der Waals surface area contributed by atoms with E-state index in [4.69, 9.17) is 4.74 Å². The number of nitrogens with zero attached hydrogens (tertiary/aromatic N) is 3. The van der Waals surface area contributed by atoms with Crippen molar-refractivity contribution in [2.45, 2.75) is 26.2 Å². The predicted molar refractivity (Wildman–Crippen MR) is 154 cm³/mol. The molecule has 4 aromatic rings. The quantitative estimate of drug-likeness (QED) is 0.212. The van der Waals surface area contributed by atoms with E-state index in [1.807, 2.05) is 97.2 Å². The highest BCUT2D eigenvalue weighted by Crippen LogP contribution is 2.14. The molecule has 0 saturated heterocycles. The zero-order valence-corrected chi connectivity index (χ0v) is 22.2. The van der Waals surface area contributed by atoms with Gasteiger partial charge in [0.1, 0.15) is 13.2 Å². The molecule has 1 aromatic heterocycles. The van der Waals surface area contributed by atoms with Crippen LogP contribution in [-0.2, 0) is 40.6 Å². The lowest BCUT2D eigenvalue weighted by Gasteiger charge is -2.28. The SMILES string of the molecule is C=CCN(CC(=O)N(Cc1ccccc1)Cc1cccn1Cc1ccccc1)C(=O)COCc1ccccc1.